The van der Waals surface area contributed by atoms with E-state index >= 15 is 0 Å². The second kappa shape index (κ2) is 7.69. The molecule has 128 valence electrons. The number of hydrogen-bond acceptors (Lipinski definition) is 1. The van der Waals surface area contributed by atoms with E-state index in [1.807, 2.05) is 0 Å². The lowest BCUT2D eigenvalue weighted by molar-refractivity contribution is -0.126. The van der Waals surface area contributed by atoms with Crippen LogP contribution in [0.4, 0.5) is 0 Å². The van der Waals surface area contributed by atoms with Crippen molar-refractivity contribution in [3.63, 3.8) is 0 Å². The highest BCUT2D eigenvalue weighted by Crippen LogP contribution is 2.32. The molecular weight excluding hydrogens is 296 g/mol. The van der Waals surface area contributed by atoms with E-state index in [4.69, 9.17) is 0 Å². The van der Waals surface area contributed by atoms with E-state index in [0.717, 1.165) is 32.1 Å². The summed E-state index contributed by atoms with van der Waals surface area (Å²) in [7, 11) is 0. The Morgan fingerprint density at radius 3 is 2.33 bits per heavy atom. The van der Waals surface area contributed by atoms with Crippen LogP contribution in [-0.4, -0.2) is 10.5 Å². The fraction of sp³-hybridized carbons (Fsp3) is 0.476. The van der Waals surface area contributed by atoms with Crippen molar-refractivity contribution < 1.29 is 4.79 Å². The van der Waals surface area contributed by atoms with Crippen molar-refractivity contribution in [3.8, 4) is 0 Å². The van der Waals surface area contributed by atoms with E-state index < -0.39 is 0 Å². The monoisotopic (exact) mass is 324 g/mol. The minimum atomic E-state index is 0.0746. The first-order valence-corrected chi connectivity index (χ1v) is 9.19. The third-order valence-corrected chi connectivity index (χ3v) is 5.36. The predicted octanol–water partition coefficient (Wildman–Crippen LogP) is 4.66. The zero-order chi connectivity index (χ0) is 16.9. The Kier molecular flexibility index (Phi) is 5.39. The maximum atomic E-state index is 12.6. The number of nitrogens with one attached hydrogen (secondary N) is 1. The van der Waals surface area contributed by atoms with Gasteiger partial charge in [0.2, 0.25) is 5.91 Å². The zero-order valence-corrected chi connectivity index (χ0v) is 14.7. The molecule has 0 unspecified atom stereocenters. The second-order valence-corrected chi connectivity index (χ2v) is 6.96. The Balaban J connectivity index is 1.51. The number of amides is 1. The maximum absolute atomic E-state index is 12.6. The smallest absolute Gasteiger partial charge is 0.223 e. The molecule has 0 bridgehead atoms. The molecule has 3 heteroatoms. The van der Waals surface area contributed by atoms with Crippen LogP contribution in [-0.2, 0) is 11.2 Å². The number of carbonyl (C=O) groups is 1. The molecule has 2 aromatic rings. The molecule has 1 aliphatic rings. The third-order valence-electron chi connectivity index (χ3n) is 5.36. The van der Waals surface area contributed by atoms with Gasteiger partial charge < -0.3 is 9.88 Å². The lowest BCUT2D eigenvalue weighted by atomic mass is 9.85. The Hall–Kier alpha value is -2.03. The van der Waals surface area contributed by atoms with Gasteiger partial charge in [-0.2, -0.15) is 0 Å². The van der Waals surface area contributed by atoms with Gasteiger partial charge in [0.1, 0.15) is 0 Å². The molecule has 24 heavy (non-hydrogen) atoms. The van der Waals surface area contributed by atoms with E-state index in [0.29, 0.717) is 6.04 Å². The van der Waals surface area contributed by atoms with Gasteiger partial charge in [-0.15, -0.1) is 0 Å². The topological polar surface area (TPSA) is 34.0 Å². The van der Waals surface area contributed by atoms with Crippen molar-refractivity contribution in [2.24, 2.45) is 5.92 Å². The maximum Gasteiger partial charge on any atom is 0.223 e. The van der Waals surface area contributed by atoms with E-state index in [2.05, 4.69) is 72.5 Å². The Labute approximate surface area is 145 Å². The molecule has 1 fully saturated rings. The molecular formula is C21H28N2O. The first-order chi connectivity index (χ1) is 11.7. The van der Waals surface area contributed by atoms with Crippen LogP contribution in [0.2, 0.25) is 0 Å². The van der Waals surface area contributed by atoms with Crippen LogP contribution < -0.4 is 5.32 Å². The molecule has 0 saturated heterocycles. The quantitative estimate of drug-likeness (QED) is 0.853. The summed E-state index contributed by atoms with van der Waals surface area (Å²) in [4.78, 5) is 12.6. The zero-order valence-electron chi connectivity index (χ0n) is 14.7. The van der Waals surface area contributed by atoms with Gasteiger partial charge in [0.05, 0.1) is 6.04 Å². The summed E-state index contributed by atoms with van der Waals surface area (Å²) in [6.45, 7) is 4.23. The molecule has 1 aromatic carbocycles. The number of aromatic nitrogens is 1. The van der Waals surface area contributed by atoms with E-state index in [-0.39, 0.29) is 17.9 Å². The van der Waals surface area contributed by atoms with Crippen LogP contribution in [0.15, 0.2) is 48.8 Å². The summed E-state index contributed by atoms with van der Waals surface area (Å²) in [5.41, 5.74) is 2.52. The largest absolute Gasteiger partial charge is 0.351 e. The van der Waals surface area contributed by atoms with Gasteiger partial charge in [0.15, 0.2) is 0 Å². The van der Waals surface area contributed by atoms with E-state index in [1.165, 1.54) is 11.1 Å². The van der Waals surface area contributed by atoms with Crippen LogP contribution in [0.5, 0.6) is 0 Å². The summed E-state index contributed by atoms with van der Waals surface area (Å²) in [6, 6.07) is 13.3. The number of hydrogen-bond donors (Lipinski definition) is 1. The van der Waals surface area contributed by atoms with Crippen molar-refractivity contribution in [1.82, 2.24) is 9.88 Å². The standard InChI is InChI=1S/C21H28N2O/c1-3-17-6-8-18(9-7-17)16(2)22-21(24)19-10-12-20(13-11-19)23-14-4-5-15-23/h4-9,14-16,19-20H,3,10-13H2,1-2H3,(H,22,24)/t16-,19?,20?/m0/s1. The van der Waals surface area contributed by atoms with Gasteiger partial charge >= 0.3 is 0 Å². The minimum Gasteiger partial charge on any atom is -0.351 e. The molecule has 0 spiro atoms. The van der Waals surface area contributed by atoms with Crippen LogP contribution in [0.25, 0.3) is 0 Å². The molecule has 1 aliphatic carbocycles. The summed E-state index contributed by atoms with van der Waals surface area (Å²) in [5.74, 6) is 0.377. The molecule has 3 nitrogen and oxygen atoms in total. The molecule has 1 N–H and O–H groups in total. The Morgan fingerprint density at radius 2 is 1.75 bits per heavy atom. The van der Waals surface area contributed by atoms with Crippen LogP contribution >= 0.6 is 0 Å². The van der Waals surface area contributed by atoms with Crippen molar-refractivity contribution in [2.45, 2.75) is 58.0 Å². The number of carbonyl (C=O) groups excluding carboxylic acids is 1. The van der Waals surface area contributed by atoms with Crippen molar-refractivity contribution in [2.75, 3.05) is 0 Å². The van der Waals surface area contributed by atoms with Crippen molar-refractivity contribution in [1.29, 1.82) is 0 Å². The van der Waals surface area contributed by atoms with Crippen LogP contribution in [0.1, 0.15) is 62.7 Å². The summed E-state index contributed by atoms with van der Waals surface area (Å²) < 4.78 is 2.28. The van der Waals surface area contributed by atoms with E-state index in [9.17, 15) is 4.79 Å². The first-order valence-electron chi connectivity index (χ1n) is 9.19. The number of rotatable bonds is 5. The predicted molar refractivity (Wildman–Crippen MR) is 97.8 cm³/mol. The summed E-state index contributed by atoms with van der Waals surface area (Å²) >= 11 is 0. The minimum absolute atomic E-state index is 0.0746. The number of benzene rings is 1. The summed E-state index contributed by atoms with van der Waals surface area (Å²) in [6.07, 6.45) is 9.46. The molecule has 0 radical (unpaired) electrons. The fourth-order valence-electron chi connectivity index (χ4n) is 3.68. The van der Waals surface area contributed by atoms with Gasteiger partial charge in [-0.25, -0.2) is 0 Å². The lowest BCUT2D eigenvalue weighted by Gasteiger charge is -2.29. The lowest BCUT2D eigenvalue weighted by Crippen LogP contribution is -2.35. The SMILES string of the molecule is CCc1ccc([C@H](C)NC(=O)C2CCC(n3cccc3)CC2)cc1. The van der Waals surface area contributed by atoms with Gasteiger partial charge in [-0.1, -0.05) is 31.2 Å². The highest BCUT2D eigenvalue weighted by atomic mass is 16.1. The summed E-state index contributed by atoms with van der Waals surface area (Å²) in [5, 5.41) is 3.21. The van der Waals surface area contributed by atoms with Crippen LogP contribution in [0.3, 0.4) is 0 Å². The van der Waals surface area contributed by atoms with Gasteiger partial charge in [-0.05, 0) is 62.3 Å². The molecule has 1 saturated carbocycles. The fourth-order valence-corrected chi connectivity index (χ4v) is 3.68. The highest BCUT2D eigenvalue weighted by molar-refractivity contribution is 5.79. The second-order valence-electron chi connectivity index (χ2n) is 6.96. The van der Waals surface area contributed by atoms with Crippen molar-refractivity contribution in [3.05, 3.63) is 59.9 Å². The Morgan fingerprint density at radius 1 is 1.12 bits per heavy atom. The average molecular weight is 324 g/mol. The molecule has 3 rings (SSSR count). The number of nitrogens with zero attached hydrogens (tertiary/aromatic N) is 1. The van der Waals surface area contributed by atoms with Crippen molar-refractivity contribution >= 4 is 5.91 Å². The normalized spacial score (nSPS) is 22.1. The highest BCUT2D eigenvalue weighted by Gasteiger charge is 2.27. The van der Waals surface area contributed by atoms with Gasteiger partial charge in [0, 0.05) is 24.4 Å². The van der Waals surface area contributed by atoms with Gasteiger partial charge in [0.25, 0.3) is 0 Å². The number of aryl methyl sites for hydroxylation is 1. The Bertz CT molecular complexity index is 637. The average Bonchev–Trinajstić information content (AvgIpc) is 3.16. The van der Waals surface area contributed by atoms with Crippen LogP contribution in [0, 0.1) is 5.92 Å². The molecule has 1 atom stereocenters. The molecule has 1 heterocycles. The first kappa shape index (κ1) is 16.8. The molecule has 0 aliphatic heterocycles. The molecule has 1 aromatic heterocycles. The van der Waals surface area contributed by atoms with E-state index in [1.54, 1.807) is 0 Å². The van der Waals surface area contributed by atoms with Gasteiger partial charge in [-0.3, -0.25) is 4.79 Å². The third kappa shape index (κ3) is 3.89. The molecule has 1 amide bonds.